The number of urea groups is 1. The first-order chi connectivity index (χ1) is 9.54. The summed E-state index contributed by atoms with van der Waals surface area (Å²) in [4.78, 5) is 24.3. The van der Waals surface area contributed by atoms with E-state index >= 15 is 0 Å². The standard InChI is InChI=1S/C15H18N2O3/c1-11-8-12(4-5-14(18)19)10-13(9-11)16-15(20)17-6-2-3-7-17/h4-5,8-10H,2-3,6-7H2,1H3,(H,16,20)(H,18,19)/b5-4+. The van der Waals surface area contributed by atoms with Crippen molar-refractivity contribution in [2.45, 2.75) is 19.8 Å². The average molecular weight is 274 g/mol. The number of hydrogen-bond acceptors (Lipinski definition) is 2. The first-order valence-corrected chi connectivity index (χ1v) is 6.63. The van der Waals surface area contributed by atoms with E-state index in [4.69, 9.17) is 5.11 Å². The Bertz CT molecular complexity index is 546. The number of anilines is 1. The first-order valence-electron chi connectivity index (χ1n) is 6.63. The van der Waals surface area contributed by atoms with Crippen molar-refractivity contribution in [3.8, 4) is 0 Å². The third kappa shape index (κ3) is 3.85. The van der Waals surface area contributed by atoms with Crippen molar-refractivity contribution in [2.24, 2.45) is 0 Å². The van der Waals surface area contributed by atoms with Crippen molar-refractivity contribution in [2.75, 3.05) is 18.4 Å². The fourth-order valence-corrected chi connectivity index (χ4v) is 2.27. The minimum Gasteiger partial charge on any atom is -0.478 e. The lowest BCUT2D eigenvalue weighted by Gasteiger charge is -2.16. The third-order valence-corrected chi connectivity index (χ3v) is 3.16. The van der Waals surface area contributed by atoms with Crippen LogP contribution in [0.2, 0.25) is 0 Å². The molecule has 0 unspecified atom stereocenters. The van der Waals surface area contributed by atoms with Crippen molar-refractivity contribution in [3.63, 3.8) is 0 Å². The number of carboxylic acids is 1. The van der Waals surface area contributed by atoms with Gasteiger partial charge in [-0.15, -0.1) is 0 Å². The quantitative estimate of drug-likeness (QED) is 0.833. The lowest BCUT2D eigenvalue weighted by molar-refractivity contribution is -0.131. The zero-order chi connectivity index (χ0) is 14.5. The highest BCUT2D eigenvalue weighted by atomic mass is 16.4. The highest BCUT2D eigenvalue weighted by molar-refractivity contribution is 5.90. The van der Waals surface area contributed by atoms with Gasteiger partial charge in [0, 0.05) is 24.9 Å². The lowest BCUT2D eigenvalue weighted by atomic mass is 10.1. The molecule has 106 valence electrons. The van der Waals surface area contributed by atoms with Crippen molar-refractivity contribution < 1.29 is 14.7 Å². The van der Waals surface area contributed by atoms with Crippen LogP contribution in [0.15, 0.2) is 24.3 Å². The minimum absolute atomic E-state index is 0.0961. The van der Waals surface area contributed by atoms with E-state index in [9.17, 15) is 9.59 Å². The summed E-state index contributed by atoms with van der Waals surface area (Å²) in [6.07, 6.45) is 4.70. The predicted molar refractivity (Wildman–Crippen MR) is 77.7 cm³/mol. The molecule has 0 radical (unpaired) electrons. The molecule has 20 heavy (non-hydrogen) atoms. The highest BCUT2D eigenvalue weighted by Crippen LogP contribution is 2.17. The smallest absolute Gasteiger partial charge is 0.328 e. The van der Waals surface area contributed by atoms with Crippen molar-refractivity contribution in [1.82, 2.24) is 4.90 Å². The van der Waals surface area contributed by atoms with Gasteiger partial charge in [0.15, 0.2) is 0 Å². The van der Waals surface area contributed by atoms with Crippen LogP contribution in [0.3, 0.4) is 0 Å². The molecule has 1 aromatic carbocycles. The topological polar surface area (TPSA) is 69.6 Å². The van der Waals surface area contributed by atoms with Gasteiger partial charge in [-0.2, -0.15) is 0 Å². The molecule has 1 aromatic rings. The predicted octanol–water partition coefficient (Wildman–Crippen LogP) is 2.72. The summed E-state index contributed by atoms with van der Waals surface area (Å²) in [7, 11) is 0. The van der Waals surface area contributed by atoms with Gasteiger partial charge in [-0.05, 0) is 49.1 Å². The van der Waals surface area contributed by atoms with Gasteiger partial charge in [0.25, 0.3) is 0 Å². The lowest BCUT2D eigenvalue weighted by Crippen LogP contribution is -2.32. The maximum atomic E-state index is 12.0. The Morgan fingerprint density at radius 3 is 2.60 bits per heavy atom. The van der Waals surface area contributed by atoms with E-state index in [1.54, 1.807) is 11.0 Å². The van der Waals surface area contributed by atoms with E-state index < -0.39 is 5.97 Å². The fraction of sp³-hybridized carbons (Fsp3) is 0.333. The highest BCUT2D eigenvalue weighted by Gasteiger charge is 2.17. The van der Waals surface area contributed by atoms with Crippen LogP contribution in [0.4, 0.5) is 10.5 Å². The average Bonchev–Trinajstić information content (AvgIpc) is 2.89. The van der Waals surface area contributed by atoms with Crippen LogP contribution in [-0.4, -0.2) is 35.1 Å². The number of amides is 2. The van der Waals surface area contributed by atoms with E-state index in [1.165, 1.54) is 6.08 Å². The van der Waals surface area contributed by atoms with Gasteiger partial charge in [0.1, 0.15) is 0 Å². The summed E-state index contributed by atoms with van der Waals surface area (Å²) in [6, 6.07) is 5.40. The number of aliphatic carboxylic acids is 1. The minimum atomic E-state index is -0.992. The molecule has 1 saturated heterocycles. The van der Waals surface area contributed by atoms with Gasteiger partial charge in [-0.3, -0.25) is 0 Å². The maximum Gasteiger partial charge on any atom is 0.328 e. The van der Waals surface area contributed by atoms with E-state index in [2.05, 4.69) is 5.32 Å². The first kappa shape index (κ1) is 14.1. The van der Waals surface area contributed by atoms with Gasteiger partial charge in [-0.25, -0.2) is 9.59 Å². The third-order valence-electron chi connectivity index (χ3n) is 3.16. The molecule has 0 bridgehead atoms. The fourth-order valence-electron chi connectivity index (χ4n) is 2.27. The van der Waals surface area contributed by atoms with Gasteiger partial charge < -0.3 is 15.3 Å². The summed E-state index contributed by atoms with van der Waals surface area (Å²) in [5.41, 5.74) is 2.41. The van der Waals surface area contributed by atoms with E-state index in [0.29, 0.717) is 5.69 Å². The Balaban J connectivity index is 2.11. The number of nitrogens with zero attached hydrogens (tertiary/aromatic N) is 1. The van der Waals surface area contributed by atoms with Crippen LogP contribution < -0.4 is 5.32 Å². The summed E-state index contributed by atoms with van der Waals surface area (Å²) in [5, 5.41) is 11.5. The van der Waals surface area contributed by atoms with E-state index in [0.717, 1.165) is 43.1 Å². The van der Waals surface area contributed by atoms with E-state index in [1.807, 2.05) is 19.1 Å². The summed E-state index contributed by atoms with van der Waals surface area (Å²) >= 11 is 0. The number of rotatable bonds is 3. The normalized spacial score (nSPS) is 14.8. The second kappa shape index (κ2) is 6.23. The summed E-state index contributed by atoms with van der Waals surface area (Å²) in [6.45, 7) is 3.50. The van der Waals surface area contributed by atoms with Crippen molar-refractivity contribution in [3.05, 3.63) is 35.4 Å². The number of likely N-dealkylation sites (tertiary alicyclic amines) is 1. The van der Waals surface area contributed by atoms with Crippen molar-refractivity contribution in [1.29, 1.82) is 0 Å². The molecule has 0 saturated carbocycles. The number of hydrogen-bond donors (Lipinski definition) is 2. The summed E-state index contributed by atoms with van der Waals surface area (Å²) < 4.78 is 0. The number of carbonyl (C=O) groups excluding carboxylic acids is 1. The Kier molecular flexibility index (Phi) is 4.40. The molecule has 2 rings (SSSR count). The van der Waals surface area contributed by atoms with Crippen LogP contribution in [0, 0.1) is 6.92 Å². The number of aryl methyl sites for hydroxylation is 1. The molecule has 1 aliphatic rings. The van der Waals surface area contributed by atoms with Crippen molar-refractivity contribution >= 4 is 23.8 Å². The molecule has 1 fully saturated rings. The van der Waals surface area contributed by atoms with Gasteiger partial charge >= 0.3 is 12.0 Å². The summed E-state index contributed by atoms with van der Waals surface area (Å²) in [5.74, 6) is -0.992. The largest absolute Gasteiger partial charge is 0.478 e. The number of benzene rings is 1. The number of carbonyl (C=O) groups is 2. The Morgan fingerprint density at radius 1 is 1.25 bits per heavy atom. The number of carboxylic acid groups (broad SMARTS) is 1. The van der Waals surface area contributed by atoms with Gasteiger partial charge in [0.2, 0.25) is 0 Å². The molecule has 5 heteroatoms. The van der Waals surface area contributed by atoms with Crippen LogP contribution in [-0.2, 0) is 4.79 Å². The number of nitrogens with one attached hydrogen (secondary N) is 1. The van der Waals surface area contributed by atoms with Crippen LogP contribution in [0.5, 0.6) is 0 Å². The Labute approximate surface area is 117 Å². The molecule has 5 nitrogen and oxygen atoms in total. The molecular formula is C15H18N2O3. The molecule has 0 aliphatic carbocycles. The zero-order valence-electron chi connectivity index (χ0n) is 11.4. The van der Waals surface area contributed by atoms with Crippen LogP contribution in [0.25, 0.3) is 6.08 Å². The molecule has 0 spiro atoms. The molecule has 0 atom stereocenters. The van der Waals surface area contributed by atoms with Crippen LogP contribution >= 0.6 is 0 Å². The SMILES string of the molecule is Cc1cc(/C=C/C(=O)O)cc(NC(=O)N2CCCC2)c1. The molecule has 2 amide bonds. The second-order valence-electron chi connectivity index (χ2n) is 4.93. The Hall–Kier alpha value is -2.30. The molecular weight excluding hydrogens is 256 g/mol. The molecule has 2 N–H and O–H groups in total. The maximum absolute atomic E-state index is 12.0. The van der Waals surface area contributed by atoms with Gasteiger partial charge in [-0.1, -0.05) is 6.07 Å². The van der Waals surface area contributed by atoms with Gasteiger partial charge in [0.05, 0.1) is 0 Å². The van der Waals surface area contributed by atoms with E-state index in [-0.39, 0.29) is 6.03 Å². The monoisotopic (exact) mass is 274 g/mol. The Morgan fingerprint density at radius 2 is 1.95 bits per heavy atom. The second-order valence-corrected chi connectivity index (χ2v) is 4.93. The van der Waals surface area contributed by atoms with Crippen LogP contribution in [0.1, 0.15) is 24.0 Å². The molecule has 1 heterocycles. The molecule has 0 aromatic heterocycles. The molecule has 1 aliphatic heterocycles. The zero-order valence-corrected chi connectivity index (χ0v) is 11.4.